The van der Waals surface area contributed by atoms with Gasteiger partial charge in [0.25, 0.3) is 0 Å². The maximum atomic E-state index is 12.3. The lowest BCUT2D eigenvalue weighted by Gasteiger charge is -2.13. The zero-order valence-corrected chi connectivity index (χ0v) is 8.88. The molecule has 5 heteroatoms. The Hall–Kier alpha value is -1.10. The van der Waals surface area contributed by atoms with Gasteiger partial charge in [-0.15, -0.1) is 0 Å². The molecule has 0 aromatic carbocycles. The summed E-state index contributed by atoms with van der Waals surface area (Å²) in [5.41, 5.74) is -0.0465. The van der Waals surface area contributed by atoms with Gasteiger partial charge in [0.05, 0.1) is 11.3 Å². The van der Waals surface area contributed by atoms with Crippen molar-refractivity contribution in [2.24, 2.45) is 0 Å². The van der Waals surface area contributed by atoms with Crippen molar-refractivity contribution in [3.63, 3.8) is 0 Å². The maximum absolute atomic E-state index is 12.3. The Morgan fingerprint density at radius 3 is 2.50 bits per heavy atom. The Labute approximate surface area is 91.9 Å². The Kier molecular flexibility index (Phi) is 2.88. The average molecular weight is 230 g/mol. The molecule has 2 rings (SSSR count). The fraction of sp³-hybridized carbons (Fsp3) is 0.545. The second kappa shape index (κ2) is 4.05. The highest BCUT2D eigenvalue weighted by Crippen LogP contribution is 2.29. The van der Waals surface area contributed by atoms with E-state index in [0.717, 1.165) is 25.1 Å². The number of halogens is 3. The highest BCUT2D eigenvalue weighted by atomic mass is 19.4. The van der Waals surface area contributed by atoms with Crippen molar-refractivity contribution in [2.75, 3.05) is 0 Å². The Balaban J connectivity index is 2.05. The van der Waals surface area contributed by atoms with Crippen LogP contribution in [0.4, 0.5) is 13.2 Å². The van der Waals surface area contributed by atoms with Crippen molar-refractivity contribution >= 4 is 0 Å². The highest BCUT2D eigenvalue weighted by molar-refractivity contribution is 5.18. The molecule has 0 amide bonds. The van der Waals surface area contributed by atoms with Crippen LogP contribution in [-0.4, -0.2) is 11.0 Å². The quantitative estimate of drug-likeness (QED) is 0.863. The van der Waals surface area contributed by atoms with E-state index in [9.17, 15) is 13.2 Å². The number of pyridine rings is 1. The van der Waals surface area contributed by atoms with Crippen LogP contribution in [-0.2, 0) is 6.18 Å². The molecule has 2 nitrogen and oxygen atoms in total. The first-order valence-electron chi connectivity index (χ1n) is 5.26. The van der Waals surface area contributed by atoms with Crippen molar-refractivity contribution in [2.45, 2.75) is 38.0 Å². The predicted molar refractivity (Wildman–Crippen MR) is 53.8 cm³/mol. The smallest absolute Gasteiger partial charge is 0.306 e. The van der Waals surface area contributed by atoms with Crippen LogP contribution in [0, 0.1) is 0 Å². The van der Waals surface area contributed by atoms with Crippen molar-refractivity contribution in [3.05, 3.63) is 29.6 Å². The molecular weight excluding hydrogens is 217 g/mol. The first-order chi connectivity index (χ1) is 7.47. The molecule has 16 heavy (non-hydrogen) atoms. The van der Waals surface area contributed by atoms with Gasteiger partial charge in [0.1, 0.15) is 0 Å². The zero-order valence-electron chi connectivity index (χ0n) is 8.88. The summed E-state index contributed by atoms with van der Waals surface area (Å²) in [6.07, 6.45) is -1.13. The van der Waals surface area contributed by atoms with Crippen LogP contribution < -0.4 is 5.32 Å². The largest absolute Gasteiger partial charge is 0.417 e. The van der Waals surface area contributed by atoms with Crippen LogP contribution in [0.3, 0.4) is 0 Å². The van der Waals surface area contributed by atoms with E-state index in [-0.39, 0.29) is 6.04 Å². The number of hydrogen-bond acceptors (Lipinski definition) is 2. The molecule has 0 aliphatic heterocycles. The van der Waals surface area contributed by atoms with Crippen LogP contribution in [0.5, 0.6) is 0 Å². The van der Waals surface area contributed by atoms with Crippen molar-refractivity contribution in [1.82, 2.24) is 10.3 Å². The molecule has 1 saturated carbocycles. The molecule has 88 valence electrons. The zero-order chi connectivity index (χ0) is 11.8. The summed E-state index contributed by atoms with van der Waals surface area (Å²) in [5.74, 6) is 0. The van der Waals surface area contributed by atoms with E-state index < -0.39 is 11.7 Å². The van der Waals surface area contributed by atoms with E-state index in [1.54, 1.807) is 0 Å². The van der Waals surface area contributed by atoms with E-state index in [0.29, 0.717) is 11.7 Å². The van der Waals surface area contributed by atoms with Gasteiger partial charge in [-0.3, -0.25) is 4.98 Å². The van der Waals surface area contributed by atoms with Crippen molar-refractivity contribution < 1.29 is 13.2 Å². The van der Waals surface area contributed by atoms with E-state index in [1.807, 2.05) is 6.92 Å². The fourth-order valence-electron chi connectivity index (χ4n) is 1.52. The number of nitrogens with one attached hydrogen (secondary N) is 1. The minimum atomic E-state index is -4.31. The summed E-state index contributed by atoms with van der Waals surface area (Å²) in [5, 5.41) is 3.28. The van der Waals surface area contributed by atoms with Gasteiger partial charge in [0.2, 0.25) is 0 Å². The third-order valence-electron chi connectivity index (χ3n) is 2.62. The van der Waals surface area contributed by atoms with Crippen molar-refractivity contribution in [3.8, 4) is 0 Å². The molecule has 1 N–H and O–H groups in total. The molecule has 0 bridgehead atoms. The second-order valence-electron chi connectivity index (χ2n) is 4.13. The SMILES string of the molecule is CC(NC1CC1)c1ccc(C(F)(F)F)cn1. The fourth-order valence-corrected chi connectivity index (χ4v) is 1.52. The standard InChI is InChI=1S/C11H13F3N2/c1-7(16-9-3-4-9)10-5-2-8(6-15-10)11(12,13)14/h2,5-7,9,16H,3-4H2,1H3. The van der Waals surface area contributed by atoms with Gasteiger partial charge in [-0.25, -0.2) is 0 Å². The molecule has 1 aliphatic rings. The molecule has 0 radical (unpaired) electrons. The number of aromatic nitrogens is 1. The lowest BCUT2D eigenvalue weighted by Crippen LogP contribution is -2.21. The van der Waals surface area contributed by atoms with Gasteiger partial charge in [-0.05, 0) is 31.9 Å². The van der Waals surface area contributed by atoms with E-state index >= 15 is 0 Å². The summed E-state index contributed by atoms with van der Waals surface area (Å²) >= 11 is 0. The number of nitrogens with zero attached hydrogens (tertiary/aromatic N) is 1. The third kappa shape index (κ3) is 2.72. The minimum Gasteiger partial charge on any atom is -0.306 e. The van der Waals surface area contributed by atoms with Crippen LogP contribution in [0.25, 0.3) is 0 Å². The Morgan fingerprint density at radius 2 is 2.06 bits per heavy atom. The minimum absolute atomic E-state index is 0.00906. The monoisotopic (exact) mass is 230 g/mol. The van der Waals surface area contributed by atoms with Crippen LogP contribution in [0.15, 0.2) is 18.3 Å². The summed E-state index contributed by atoms with van der Waals surface area (Å²) in [7, 11) is 0. The molecular formula is C11H13F3N2. The normalized spacial score (nSPS) is 18.5. The summed E-state index contributed by atoms with van der Waals surface area (Å²) in [6.45, 7) is 1.91. The lowest BCUT2D eigenvalue weighted by atomic mass is 10.2. The first-order valence-corrected chi connectivity index (χ1v) is 5.26. The van der Waals surface area contributed by atoms with E-state index in [4.69, 9.17) is 0 Å². The second-order valence-corrected chi connectivity index (χ2v) is 4.13. The molecule has 0 spiro atoms. The number of alkyl halides is 3. The average Bonchev–Trinajstić information content (AvgIpc) is 3.00. The maximum Gasteiger partial charge on any atom is 0.417 e. The van der Waals surface area contributed by atoms with Gasteiger partial charge >= 0.3 is 6.18 Å². The van der Waals surface area contributed by atoms with Crippen molar-refractivity contribution in [1.29, 1.82) is 0 Å². The van der Waals surface area contributed by atoms with Gasteiger partial charge in [0, 0.05) is 18.3 Å². The molecule has 1 aromatic rings. The molecule has 0 saturated heterocycles. The van der Waals surface area contributed by atoms with Gasteiger partial charge in [-0.1, -0.05) is 0 Å². The highest BCUT2D eigenvalue weighted by Gasteiger charge is 2.31. The molecule has 1 heterocycles. The molecule has 1 fully saturated rings. The predicted octanol–water partition coefficient (Wildman–Crippen LogP) is 2.91. The van der Waals surface area contributed by atoms with Crippen LogP contribution in [0.2, 0.25) is 0 Å². The molecule has 1 atom stereocenters. The third-order valence-corrected chi connectivity index (χ3v) is 2.62. The summed E-state index contributed by atoms with van der Waals surface area (Å²) < 4.78 is 36.9. The Morgan fingerprint density at radius 1 is 1.38 bits per heavy atom. The lowest BCUT2D eigenvalue weighted by molar-refractivity contribution is -0.137. The first kappa shape index (κ1) is 11.4. The van der Waals surface area contributed by atoms with Gasteiger partial charge in [0.15, 0.2) is 0 Å². The molecule has 1 aliphatic carbocycles. The Bertz CT molecular complexity index is 354. The van der Waals surface area contributed by atoms with Gasteiger partial charge < -0.3 is 5.32 Å². The van der Waals surface area contributed by atoms with Crippen LogP contribution >= 0.6 is 0 Å². The molecule has 1 unspecified atom stereocenters. The van der Waals surface area contributed by atoms with E-state index in [1.165, 1.54) is 6.07 Å². The molecule has 1 aromatic heterocycles. The number of hydrogen-bond donors (Lipinski definition) is 1. The van der Waals surface area contributed by atoms with Crippen LogP contribution in [0.1, 0.15) is 37.1 Å². The summed E-state index contributed by atoms with van der Waals surface area (Å²) in [6, 6.07) is 3.03. The number of rotatable bonds is 3. The van der Waals surface area contributed by atoms with E-state index in [2.05, 4.69) is 10.3 Å². The van der Waals surface area contributed by atoms with Gasteiger partial charge in [-0.2, -0.15) is 13.2 Å². The topological polar surface area (TPSA) is 24.9 Å². The summed E-state index contributed by atoms with van der Waals surface area (Å²) in [4.78, 5) is 3.84.